The number of fused-ring (bicyclic) bond motifs is 1. The number of rotatable bonds is 5. The van der Waals surface area contributed by atoms with Gasteiger partial charge in [-0.2, -0.15) is 10.4 Å². The van der Waals surface area contributed by atoms with Crippen molar-refractivity contribution in [2.75, 3.05) is 6.79 Å². The number of para-hydroxylation sites is 1. The third kappa shape index (κ3) is 4.65. The van der Waals surface area contributed by atoms with Gasteiger partial charge in [0.2, 0.25) is 6.79 Å². The summed E-state index contributed by atoms with van der Waals surface area (Å²) in [6.45, 7) is 7.89. The molecule has 2 aliphatic rings. The molecule has 0 saturated heterocycles. The van der Waals surface area contributed by atoms with Crippen LogP contribution in [0.15, 0.2) is 83.6 Å². The maximum atomic E-state index is 14.0. The van der Waals surface area contributed by atoms with E-state index in [9.17, 15) is 14.9 Å². The predicted octanol–water partition coefficient (Wildman–Crippen LogP) is 5.99. The van der Waals surface area contributed by atoms with Gasteiger partial charge in [-0.1, -0.05) is 42.0 Å². The van der Waals surface area contributed by atoms with Crippen LogP contribution in [0.5, 0.6) is 11.5 Å². The van der Waals surface area contributed by atoms with Crippen LogP contribution in [-0.4, -0.2) is 33.3 Å². The van der Waals surface area contributed by atoms with Crippen molar-refractivity contribution in [3.8, 4) is 34.5 Å². The van der Waals surface area contributed by atoms with Crippen molar-refractivity contribution < 1.29 is 19.1 Å². The standard InChI is InChI=1S/C34H28N4O4/c1-20-12-21(2)31(22(3)13-20)32-25(18-38(36-32)26-8-6-5-7-9-26)15-27-23(4)28(16-35)34(40)37(33(27)39)17-24-10-11-29-30(14-24)42-19-41-29/h5-15,18H,17,19H2,1-4H3/b27-15+. The number of carbonyl (C=O) groups is 2. The molecule has 208 valence electrons. The van der Waals surface area contributed by atoms with Gasteiger partial charge in [0, 0.05) is 22.9 Å². The number of aryl methyl sites for hydroxylation is 3. The van der Waals surface area contributed by atoms with Crippen LogP contribution in [0.4, 0.5) is 0 Å². The summed E-state index contributed by atoms with van der Waals surface area (Å²) < 4.78 is 12.6. The van der Waals surface area contributed by atoms with E-state index in [4.69, 9.17) is 14.6 Å². The van der Waals surface area contributed by atoms with Gasteiger partial charge < -0.3 is 9.47 Å². The van der Waals surface area contributed by atoms with Crippen LogP contribution in [0.1, 0.15) is 34.7 Å². The molecular weight excluding hydrogens is 528 g/mol. The number of hydrogen-bond donors (Lipinski definition) is 0. The minimum absolute atomic E-state index is 0.0174. The number of imide groups is 1. The summed E-state index contributed by atoms with van der Waals surface area (Å²) >= 11 is 0. The normalized spacial score (nSPS) is 15.5. The first-order chi connectivity index (χ1) is 20.2. The molecule has 0 aliphatic carbocycles. The molecule has 0 saturated carbocycles. The lowest BCUT2D eigenvalue weighted by atomic mass is 9.91. The van der Waals surface area contributed by atoms with Gasteiger partial charge in [-0.25, -0.2) is 4.68 Å². The highest BCUT2D eigenvalue weighted by atomic mass is 16.7. The lowest BCUT2D eigenvalue weighted by molar-refractivity contribution is -0.141. The lowest BCUT2D eigenvalue weighted by Gasteiger charge is -2.27. The van der Waals surface area contributed by atoms with Crippen molar-refractivity contribution in [3.05, 3.63) is 111 Å². The molecular formula is C34H28N4O4. The summed E-state index contributed by atoms with van der Waals surface area (Å²) in [5.74, 6) is 0.0492. The van der Waals surface area contributed by atoms with Gasteiger partial charge in [0.05, 0.1) is 12.2 Å². The van der Waals surface area contributed by atoms with E-state index in [-0.39, 0.29) is 24.5 Å². The number of benzene rings is 3. The molecule has 4 aromatic rings. The molecule has 42 heavy (non-hydrogen) atoms. The summed E-state index contributed by atoms with van der Waals surface area (Å²) in [4.78, 5) is 28.4. The Morgan fingerprint density at radius 2 is 1.64 bits per heavy atom. The Bertz CT molecular complexity index is 1850. The van der Waals surface area contributed by atoms with Crippen LogP contribution in [0.3, 0.4) is 0 Å². The van der Waals surface area contributed by atoms with Gasteiger partial charge >= 0.3 is 0 Å². The van der Waals surface area contributed by atoms with Crippen molar-refractivity contribution in [1.29, 1.82) is 5.26 Å². The van der Waals surface area contributed by atoms with Crippen LogP contribution in [0.25, 0.3) is 23.0 Å². The van der Waals surface area contributed by atoms with Crippen molar-refractivity contribution >= 4 is 17.9 Å². The molecule has 0 atom stereocenters. The van der Waals surface area contributed by atoms with Crippen LogP contribution in [0.2, 0.25) is 0 Å². The first-order valence-electron chi connectivity index (χ1n) is 13.6. The first kappa shape index (κ1) is 26.8. The van der Waals surface area contributed by atoms with E-state index in [1.54, 1.807) is 35.9 Å². The van der Waals surface area contributed by atoms with Crippen molar-refractivity contribution in [2.24, 2.45) is 0 Å². The quantitative estimate of drug-likeness (QED) is 0.221. The molecule has 0 bridgehead atoms. The van der Waals surface area contributed by atoms with Crippen LogP contribution < -0.4 is 9.47 Å². The molecule has 8 nitrogen and oxygen atoms in total. The topological polar surface area (TPSA) is 97.5 Å². The fraction of sp³-hybridized carbons (Fsp3) is 0.176. The van der Waals surface area contributed by atoms with E-state index in [1.165, 1.54) is 0 Å². The van der Waals surface area contributed by atoms with Crippen LogP contribution in [0, 0.1) is 32.1 Å². The Kier molecular flexibility index (Phi) is 6.71. The maximum Gasteiger partial charge on any atom is 0.271 e. The fourth-order valence-electron chi connectivity index (χ4n) is 5.60. The second-order valence-electron chi connectivity index (χ2n) is 10.5. The molecule has 2 aliphatic heterocycles. The molecule has 6 rings (SSSR count). The number of nitriles is 1. The summed E-state index contributed by atoms with van der Waals surface area (Å²) in [5, 5.41) is 14.9. The average Bonchev–Trinajstić information content (AvgIpc) is 3.61. The highest BCUT2D eigenvalue weighted by Gasteiger charge is 2.36. The molecule has 3 heterocycles. The van der Waals surface area contributed by atoms with E-state index >= 15 is 0 Å². The van der Waals surface area contributed by atoms with E-state index < -0.39 is 11.8 Å². The van der Waals surface area contributed by atoms with Crippen molar-refractivity contribution in [3.63, 3.8) is 0 Å². The summed E-state index contributed by atoms with van der Waals surface area (Å²) in [6, 6.07) is 21.2. The van der Waals surface area contributed by atoms with E-state index in [1.807, 2.05) is 56.4 Å². The number of nitrogens with zero attached hydrogens (tertiary/aromatic N) is 4. The molecule has 0 N–H and O–H groups in total. The highest BCUT2D eigenvalue weighted by Crippen LogP contribution is 2.36. The second kappa shape index (κ2) is 10.5. The van der Waals surface area contributed by atoms with Crippen molar-refractivity contribution in [2.45, 2.75) is 34.2 Å². The largest absolute Gasteiger partial charge is 0.454 e. The summed E-state index contributed by atoms with van der Waals surface area (Å²) in [5.41, 5.74) is 7.73. The zero-order valence-electron chi connectivity index (χ0n) is 23.8. The van der Waals surface area contributed by atoms with Gasteiger partial charge in [-0.05, 0) is 80.3 Å². The molecule has 0 spiro atoms. The third-order valence-electron chi connectivity index (χ3n) is 7.58. The monoisotopic (exact) mass is 556 g/mol. The Morgan fingerprint density at radius 3 is 2.36 bits per heavy atom. The second-order valence-corrected chi connectivity index (χ2v) is 10.5. The summed E-state index contributed by atoms with van der Waals surface area (Å²) in [6.07, 6.45) is 3.62. The van der Waals surface area contributed by atoms with Gasteiger partial charge in [0.15, 0.2) is 11.5 Å². The number of carbonyl (C=O) groups excluding carboxylic acids is 2. The Labute approximate surface area is 243 Å². The first-order valence-corrected chi connectivity index (χ1v) is 13.6. The maximum absolute atomic E-state index is 14.0. The van der Waals surface area contributed by atoms with E-state index in [0.717, 1.165) is 32.8 Å². The Morgan fingerprint density at radius 1 is 0.929 bits per heavy atom. The van der Waals surface area contributed by atoms with Gasteiger partial charge in [-0.15, -0.1) is 0 Å². The highest BCUT2D eigenvalue weighted by molar-refractivity contribution is 6.19. The zero-order valence-corrected chi connectivity index (χ0v) is 23.8. The number of ether oxygens (including phenoxy) is 2. The molecule has 0 unspecified atom stereocenters. The molecule has 2 amide bonds. The van der Waals surface area contributed by atoms with Crippen LogP contribution >= 0.6 is 0 Å². The Balaban J connectivity index is 1.49. The number of hydrogen-bond acceptors (Lipinski definition) is 6. The number of aromatic nitrogens is 2. The van der Waals surface area contributed by atoms with Crippen molar-refractivity contribution in [1.82, 2.24) is 14.7 Å². The average molecular weight is 557 g/mol. The minimum atomic E-state index is -0.625. The zero-order chi connectivity index (χ0) is 29.5. The molecule has 3 aromatic carbocycles. The fourth-order valence-corrected chi connectivity index (χ4v) is 5.60. The SMILES string of the molecule is CC1=C(C#N)C(=O)N(Cc2ccc3c(c2)OCO3)C(=O)/C1=C/c1cn(-c2ccccc2)nc1-c1c(C)cc(C)cc1C. The molecule has 0 radical (unpaired) electrons. The summed E-state index contributed by atoms with van der Waals surface area (Å²) in [7, 11) is 0. The van der Waals surface area contributed by atoms with Gasteiger partial charge in [0.25, 0.3) is 11.8 Å². The predicted molar refractivity (Wildman–Crippen MR) is 158 cm³/mol. The molecule has 8 heteroatoms. The Hall–Kier alpha value is -5.42. The van der Waals surface area contributed by atoms with Gasteiger partial charge in [-0.3, -0.25) is 14.5 Å². The van der Waals surface area contributed by atoms with Gasteiger partial charge in [0.1, 0.15) is 17.3 Å². The third-order valence-corrected chi connectivity index (χ3v) is 7.58. The number of amides is 2. The lowest BCUT2D eigenvalue weighted by Crippen LogP contribution is -2.42. The van der Waals surface area contributed by atoms with E-state index in [2.05, 4.69) is 19.1 Å². The van der Waals surface area contributed by atoms with Crippen LogP contribution in [-0.2, 0) is 16.1 Å². The minimum Gasteiger partial charge on any atom is -0.454 e. The van der Waals surface area contributed by atoms with E-state index in [0.29, 0.717) is 33.9 Å². The molecule has 1 aromatic heterocycles. The molecule has 0 fully saturated rings. The smallest absolute Gasteiger partial charge is 0.271 e.